The van der Waals surface area contributed by atoms with E-state index >= 15 is 0 Å². The van der Waals surface area contributed by atoms with Gasteiger partial charge in [0.05, 0.1) is 17.2 Å². The number of urea groups is 1. The van der Waals surface area contributed by atoms with Crippen LogP contribution in [0.2, 0.25) is 5.02 Å². The minimum Gasteiger partial charge on any atom is -0.477 e. The van der Waals surface area contributed by atoms with E-state index in [2.05, 4.69) is 15.3 Å². The summed E-state index contributed by atoms with van der Waals surface area (Å²) in [7, 11) is -4.18. The molecule has 0 spiro atoms. The van der Waals surface area contributed by atoms with E-state index in [0.717, 1.165) is 5.56 Å². The molecule has 144 valence electrons. The van der Waals surface area contributed by atoms with Crippen LogP contribution < -0.4 is 14.8 Å². The van der Waals surface area contributed by atoms with Crippen molar-refractivity contribution in [2.75, 3.05) is 11.9 Å². The molecule has 0 atom stereocenters. The highest BCUT2D eigenvalue weighted by atomic mass is 35.5. The SMILES string of the molecule is Cc1nc(NC(=O)NS(=O)(=O)c2cccc3cccc(Cl)c23)nc2c1CCO2. The number of hydrogen-bond acceptors (Lipinski definition) is 6. The van der Waals surface area contributed by atoms with E-state index in [1.807, 2.05) is 4.72 Å². The zero-order valence-corrected chi connectivity index (χ0v) is 16.3. The molecule has 0 bridgehead atoms. The molecule has 2 aromatic carbocycles. The number of halogens is 1. The second-order valence-electron chi connectivity index (χ2n) is 6.17. The normalized spacial score (nSPS) is 13.1. The molecule has 8 nitrogen and oxygen atoms in total. The summed E-state index contributed by atoms with van der Waals surface area (Å²) in [6.45, 7) is 2.27. The van der Waals surface area contributed by atoms with Crippen molar-refractivity contribution in [3.8, 4) is 5.88 Å². The third-order valence-corrected chi connectivity index (χ3v) is 6.01. The first-order chi connectivity index (χ1) is 13.3. The summed E-state index contributed by atoms with van der Waals surface area (Å²) in [6.07, 6.45) is 0.698. The maximum absolute atomic E-state index is 12.8. The van der Waals surface area contributed by atoms with Gasteiger partial charge < -0.3 is 4.74 Å². The molecule has 2 heterocycles. The first-order valence-electron chi connectivity index (χ1n) is 8.36. The molecule has 3 aromatic rings. The van der Waals surface area contributed by atoms with Gasteiger partial charge in [0.2, 0.25) is 11.8 Å². The van der Waals surface area contributed by atoms with Crippen LogP contribution in [0, 0.1) is 6.92 Å². The summed E-state index contributed by atoms with van der Waals surface area (Å²) in [5.74, 6) is 0.355. The first-order valence-corrected chi connectivity index (χ1v) is 10.2. The van der Waals surface area contributed by atoms with Crippen LogP contribution in [0.15, 0.2) is 41.3 Å². The van der Waals surface area contributed by atoms with Gasteiger partial charge in [0.1, 0.15) is 0 Å². The van der Waals surface area contributed by atoms with E-state index < -0.39 is 16.1 Å². The number of aromatic nitrogens is 2. The highest BCUT2D eigenvalue weighted by Gasteiger charge is 2.23. The number of anilines is 1. The summed E-state index contributed by atoms with van der Waals surface area (Å²) in [4.78, 5) is 20.5. The zero-order valence-electron chi connectivity index (χ0n) is 14.7. The smallest absolute Gasteiger partial charge is 0.335 e. The molecule has 2 amide bonds. The van der Waals surface area contributed by atoms with Crippen molar-refractivity contribution < 1.29 is 17.9 Å². The molecule has 0 saturated heterocycles. The van der Waals surface area contributed by atoms with Gasteiger partial charge in [-0.05, 0) is 24.4 Å². The van der Waals surface area contributed by atoms with Crippen molar-refractivity contribution >= 4 is 44.4 Å². The Balaban J connectivity index is 1.61. The van der Waals surface area contributed by atoms with Gasteiger partial charge in [-0.15, -0.1) is 0 Å². The number of carbonyl (C=O) groups excluding carboxylic acids is 1. The Bertz CT molecular complexity index is 1210. The van der Waals surface area contributed by atoms with Gasteiger partial charge in [-0.2, -0.15) is 4.98 Å². The molecule has 0 radical (unpaired) electrons. The summed E-state index contributed by atoms with van der Waals surface area (Å²) >= 11 is 6.18. The Morgan fingerprint density at radius 2 is 1.93 bits per heavy atom. The molecule has 0 fully saturated rings. The van der Waals surface area contributed by atoms with E-state index in [9.17, 15) is 13.2 Å². The van der Waals surface area contributed by atoms with Gasteiger partial charge in [0.15, 0.2) is 0 Å². The van der Waals surface area contributed by atoms with E-state index in [0.29, 0.717) is 35.4 Å². The number of nitrogens with one attached hydrogen (secondary N) is 2. The first kappa shape index (κ1) is 18.5. The minimum absolute atomic E-state index is 0.0400. The number of carbonyl (C=O) groups is 1. The van der Waals surface area contributed by atoms with Gasteiger partial charge in [-0.25, -0.2) is 22.9 Å². The number of ether oxygens (including phenoxy) is 1. The van der Waals surface area contributed by atoms with Crippen LogP contribution >= 0.6 is 11.6 Å². The fraction of sp³-hybridized carbons (Fsp3) is 0.167. The standard InChI is InChI=1S/C18H15ClN4O4S/c1-10-12-8-9-27-16(12)21-17(20-10)22-18(24)23-28(25,26)14-7-3-5-11-4-2-6-13(19)15(11)14/h2-7H,8-9H2,1H3,(H2,20,21,22,23,24). The van der Waals surface area contributed by atoms with Crippen molar-refractivity contribution in [2.45, 2.75) is 18.2 Å². The Kier molecular flexibility index (Phi) is 4.56. The van der Waals surface area contributed by atoms with Crippen LogP contribution in [0.5, 0.6) is 5.88 Å². The van der Waals surface area contributed by atoms with Gasteiger partial charge in [0, 0.05) is 22.4 Å². The van der Waals surface area contributed by atoms with Gasteiger partial charge >= 0.3 is 6.03 Å². The number of rotatable bonds is 3. The minimum atomic E-state index is -4.18. The number of fused-ring (bicyclic) bond motifs is 2. The Labute approximate surface area is 166 Å². The second-order valence-corrected chi connectivity index (χ2v) is 8.23. The summed E-state index contributed by atoms with van der Waals surface area (Å²) in [5.41, 5.74) is 1.55. The Morgan fingerprint density at radius 3 is 2.71 bits per heavy atom. The van der Waals surface area contributed by atoms with E-state index in [-0.39, 0.29) is 15.9 Å². The maximum Gasteiger partial charge on any atom is 0.335 e. The largest absolute Gasteiger partial charge is 0.477 e. The highest BCUT2D eigenvalue weighted by Crippen LogP contribution is 2.30. The average Bonchev–Trinajstić information content (AvgIpc) is 3.10. The summed E-state index contributed by atoms with van der Waals surface area (Å²) in [6, 6.07) is 8.76. The monoisotopic (exact) mass is 418 g/mol. The van der Waals surface area contributed by atoms with Crippen LogP contribution in [0.1, 0.15) is 11.3 Å². The number of aryl methyl sites for hydroxylation is 1. The predicted molar refractivity (Wildman–Crippen MR) is 104 cm³/mol. The quantitative estimate of drug-likeness (QED) is 0.676. The Morgan fingerprint density at radius 1 is 1.18 bits per heavy atom. The van der Waals surface area contributed by atoms with Crippen molar-refractivity contribution in [1.82, 2.24) is 14.7 Å². The third kappa shape index (κ3) is 3.34. The molecule has 1 aliphatic rings. The number of sulfonamides is 1. The second kappa shape index (κ2) is 6.92. The van der Waals surface area contributed by atoms with Gasteiger partial charge in [-0.3, -0.25) is 5.32 Å². The van der Waals surface area contributed by atoms with Crippen molar-refractivity contribution in [3.05, 3.63) is 52.7 Å². The highest BCUT2D eigenvalue weighted by molar-refractivity contribution is 7.90. The summed E-state index contributed by atoms with van der Waals surface area (Å²) < 4.78 is 32.9. The average molecular weight is 419 g/mol. The molecule has 2 N–H and O–H groups in total. The maximum atomic E-state index is 12.8. The molecule has 1 aliphatic heterocycles. The van der Waals surface area contributed by atoms with Crippen molar-refractivity contribution in [3.63, 3.8) is 0 Å². The molecule has 0 unspecified atom stereocenters. The fourth-order valence-corrected chi connectivity index (χ4v) is 4.57. The van der Waals surface area contributed by atoms with Gasteiger partial charge in [0.25, 0.3) is 10.0 Å². The van der Waals surface area contributed by atoms with Gasteiger partial charge in [-0.1, -0.05) is 35.9 Å². The summed E-state index contributed by atoms with van der Waals surface area (Å²) in [5, 5.41) is 3.59. The third-order valence-electron chi connectivity index (χ3n) is 4.32. The molecular weight excluding hydrogens is 404 g/mol. The van der Waals surface area contributed by atoms with E-state index in [4.69, 9.17) is 16.3 Å². The molecule has 4 rings (SSSR count). The van der Waals surface area contributed by atoms with Crippen molar-refractivity contribution in [1.29, 1.82) is 0 Å². The van der Waals surface area contributed by atoms with Crippen LogP contribution in [0.3, 0.4) is 0 Å². The number of hydrogen-bond donors (Lipinski definition) is 2. The molecule has 10 heteroatoms. The number of benzene rings is 2. The molecular formula is C18H15ClN4O4S. The van der Waals surface area contributed by atoms with Crippen LogP contribution in [-0.2, 0) is 16.4 Å². The lowest BCUT2D eigenvalue weighted by Crippen LogP contribution is -2.35. The molecule has 0 aliphatic carbocycles. The predicted octanol–water partition coefficient (Wildman–Crippen LogP) is 3.04. The van der Waals surface area contributed by atoms with Crippen LogP contribution in [-0.4, -0.2) is 31.0 Å². The van der Waals surface area contributed by atoms with Crippen LogP contribution in [0.4, 0.5) is 10.7 Å². The lowest BCUT2D eigenvalue weighted by Gasteiger charge is -2.11. The Hall–Kier alpha value is -2.91. The molecule has 0 saturated carbocycles. The van der Waals surface area contributed by atoms with Crippen molar-refractivity contribution in [2.24, 2.45) is 0 Å². The van der Waals surface area contributed by atoms with E-state index in [1.54, 1.807) is 37.3 Å². The van der Waals surface area contributed by atoms with E-state index in [1.165, 1.54) is 6.07 Å². The lowest BCUT2D eigenvalue weighted by atomic mass is 10.1. The number of amides is 2. The molecule has 28 heavy (non-hydrogen) atoms. The zero-order chi connectivity index (χ0) is 19.9. The molecule has 1 aromatic heterocycles. The number of nitrogens with zero attached hydrogens (tertiary/aromatic N) is 2. The lowest BCUT2D eigenvalue weighted by molar-refractivity contribution is 0.256. The topological polar surface area (TPSA) is 110 Å². The van der Waals surface area contributed by atoms with Crippen LogP contribution in [0.25, 0.3) is 10.8 Å². The fourth-order valence-electron chi connectivity index (χ4n) is 3.07.